The second-order valence-corrected chi connectivity index (χ2v) is 5.73. The normalized spacial score (nSPS) is 12.6. The van der Waals surface area contributed by atoms with Gasteiger partial charge in [-0.2, -0.15) is 0 Å². The van der Waals surface area contributed by atoms with E-state index in [2.05, 4.69) is 0 Å². The predicted molar refractivity (Wildman–Crippen MR) is 104 cm³/mol. The van der Waals surface area contributed by atoms with E-state index in [1.807, 2.05) is 39.0 Å². The van der Waals surface area contributed by atoms with Crippen LogP contribution in [0.1, 0.15) is 59.3 Å². The second-order valence-electron chi connectivity index (χ2n) is 5.73. The highest BCUT2D eigenvalue weighted by Crippen LogP contribution is 2.03. The van der Waals surface area contributed by atoms with Gasteiger partial charge in [0.05, 0.1) is 19.3 Å². The lowest BCUT2D eigenvalue weighted by Crippen LogP contribution is -2.30. The highest BCUT2D eigenvalue weighted by atomic mass is 16.6. The quantitative estimate of drug-likeness (QED) is 0.257. The van der Waals surface area contributed by atoms with E-state index in [9.17, 15) is 14.4 Å². The van der Waals surface area contributed by atoms with Crippen LogP contribution in [0.25, 0.3) is 0 Å². The van der Waals surface area contributed by atoms with E-state index in [4.69, 9.17) is 14.2 Å². The molecule has 0 radical (unpaired) electrons. The van der Waals surface area contributed by atoms with E-state index in [1.54, 1.807) is 18.2 Å². The molecule has 0 saturated carbocycles. The van der Waals surface area contributed by atoms with Crippen LogP contribution >= 0.6 is 0 Å². The molecule has 0 N–H and O–H groups in total. The molecule has 0 bridgehead atoms. The summed E-state index contributed by atoms with van der Waals surface area (Å²) < 4.78 is 15.5. The molecular weight excluding hydrogens is 348 g/mol. The van der Waals surface area contributed by atoms with Crippen molar-refractivity contribution in [1.29, 1.82) is 0 Å². The molecule has 0 fully saturated rings. The average molecular weight is 380 g/mol. The molecule has 0 saturated heterocycles. The maximum Gasteiger partial charge on any atom is 0.310 e. The third kappa shape index (κ3) is 15.6. The predicted octanol–water partition coefficient (Wildman–Crippen LogP) is 4.05. The summed E-state index contributed by atoms with van der Waals surface area (Å²) in [7, 11) is 0. The van der Waals surface area contributed by atoms with Crippen molar-refractivity contribution in [3.05, 3.63) is 36.5 Å². The monoisotopic (exact) mass is 380 g/mol. The molecule has 0 aromatic heterocycles. The Bertz CT molecular complexity index is 487. The van der Waals surface area contributed by atoms with Gasteiger partial charge in [-0.15, -0.1) is 0 Å². The van der Waals surface area contributed by atoms with Gasteiger partial charge in [0, 0.05) is 0 Å². The molecule has 0 rings (SSSR count). The van der Waals surface area contributed by atoms with Gasteiger partial charge < -0.3 is 14.2 Å². The number of ether oxygens (including phenoxy) is 3. The first-order valence-corrected chi connectivity index (χ1v) is 9.49. The molecule has 0 amide bonds. The van der Waals surface area contributed by atoms with Gasteiger partial charge in [-0.05, 0) is 19.3 Å². The minimum Gasteiger partial charge on any atom is -0.461 e. The summed E-state index contributed by atoms with van der Waals surface area (Å²) in [6, 6.07) is 0. The fourth-order valence-electron chi connectivity index (χ4n) is 1.88. The number of hydrogen-bond donors (Lipinski definition) is 0. The van der Waals surface area contributed by atoms with Gasteiger partial charge in [0.25, 0.3) is 0 Å². The molecule has 0 aromatic carbocycles. The lowest BCUT2D eigenvalue weighted by Gasteiger charge is -2.17. The summed E-state index contributed by atoms with van der Waals surface area (Å²) >= 11 is 0. The summed E-state index contributed by atoms with van der Waals surface area (Å²) in [6.07, 6.45) is 12.8. The van der Waals surface area contributed by atoms with Gasteiger partial charge in [0.15, 0.2) is 6.10 Å². The first-order chi connectivity index (χ1) is 13.0. The Morgan fingerprint density at radius 1 is 0.630 bits per heavy atom. The molecule has 6 nitrogen and oxygen atoms in total. The van der Waals surface area contributed by atoms with E-state index in [0.717, 1.165) is 19.3 Å². The van der Waals surface area contributed by atoms with Crippen molar-refractivity contribution in [1.82, 2.24) is 0 Å². The summed E-state index contributed by atoms with van der Waals surface area (Å²) in [4.78, 5) is 35.2. The van der Waals surface area contributed by atoms with Crippen molar-refractivity contribution >= 4 is 17.9 Å². The van der Waals surface area contributed by atoms with Gasteiger partial charge in [-0.1, -0.05) is 57.2 Å². The molecule has 27 heavy (non-hydrogen) atoms. The standard InChI is InChI=1S/C21H32O6/c1-4-7-10-13-19(22)25-16-18(27-21(24)15-12-9-6-3)17-26-20(23)14-11-8-5-2/h7-12,18H,4-6,13-17H2,1-3H3. The van der Waals surface area contributed by atoms with E-state index in [0.29, 0.717) is 0 Å². The Balaban J connectivity index is 4.55. The lowest BCUT2D eigenvalue weighted by atomic mass is 10.3. The van der Waals surface area contributed by atoms with Gasteiger partial charge in [0.2, 0.25) is 0 Å². The molecular formula is C21H32O6. The Morgan fingerprint density at radius 3 is 1.37 bits per heavy atom. The topological polar surface area (TPSA) is 78.9 Å². The zero-order valence-electron chi connectivity index (χ0n) is 16.6. The SMILES string of the molecule is CCC=CCC(=O)OCC(COC(=O)CC=CCC)OC(=O)CC=CCC. The van der Waals surface area contributed by atoms with Crippen LogP contribution in [0, 0.1) is 0 Å². The van der Waals surface area contributed by atoms with E-state index in [1.165, 1.54) is 0 Å². The maximum absolute atomic E-state index is 11.9. The molecule has 0 aliphatic heterocycles. The lowest BCUT2D eigenvalue weighted by molar-refractivity contribution is -0.165. The Morgan fingerprint density at radius 2 is 1.00 bits per heavy atom. The minimum atomic E-state index is -0.828. The highest BCUT2D eigenvalue weighted by Gasteiger charge is 2.18. The van der Waals surface area contributed by atoms with E-state index >= 15 is 0 Å². The van der Waals surface area contributed by atoms with Gasteiger partial charge in [-0.25, -0.2) is 0 Å². The summed E-state index contributed by atoms with van der Waals surface area (Å²) in [5, 5.41) is 0. The van der Waals surface area contributed by atoms with E-state index < -0.39 is 24.0 Å². The molecule has 0 aromatic rings. The van der Waals surface area contributed by atoms with E-state index in [-0.39, 0.29) is 32.5 Å². The van der Waals surface area contributed by atoms with Crippen LogP contribution < -0.4 is 0 Å². The molecule has 0 aliphatic carbocycles. The van der Waals surface area contributed by atoms with Crippen LogP contribution in [0.3, 0.4) is 0 Å². The smallest absolute Gasteiger partial charge is 0.310 e. The zero-order chi connectivity index (χ0) is 20.3. The highest BCUT2D eigenvalue weighted by molar-refractivity contribution is 5.72. The summed E-state index contributed by atoms with van der Waals surface area (Å²) in [5.74, 6) is -1.32. The van der Waals surface area contributed by atoms with Crippen LogP contribution in [-0.4, -0.2) is 37.2 Å². The minimum absolute atomic E-state index is 0.116. The van der Waals surface area contributed by atoms with Crippen molar-refractivity contribution in [2.24, 2.45) is 0 Å². The zero-order valence-corrected chi connectivity index (χ0v) is 16.6. The summed E-state index contributed by atoms with van der Waals surface area (Å²) in [6.45, 7) is 5.59. The van der Waals surface area contributed by atoms with Crippen molar-refractivity contribution in [2.75, 3.05) is 13.2 Å². The molecule has 152 valence electrons. The molecule has 0 aliphatic rings. The molecule has 0 heterocycles. The van der Waals surface area contributed by atoms with Crippen molar-refractivity contribution in [2.45, 2.75) is 65.4 Å². The van der Waals surface area contributed by atoms with Gasteiger partial charge >= 0.3 is 17.9 Å². The number of carbonyl (C=O) groups is 3. The molecule has 0 unspecified atom stereocenters. The second kappa shape index (κ2) is 17.1. The third-order valence-corrected chi connectivity index (χ3v) is 3.22. The summed E-state index contributed by atoms with van der Waals surface area (Å²) in [5.41, 5.74) is 0. The van der Waals surface area contributed by atoms with Gasteiger partial charge in [-0.3, -0.25) is 14.4 Å². The Kier molecular flexibility index (Phi) is 15.6. The van der Waals surface area contributed by atoms with Crippen molar-refractivity contribution in [3.8, 4) is 0 Å². The van der Waals surface area contributed by atoms with Crippen LogP contribution in [0.15, 0.2) is 36.5 Å². The maximum atomic E-state index is 11.9. The Labute approximate surface area is 162 Å². The number of hydrogen-bond acceptors (Lipinski definition) is 6. The fraction of sp³-hybridized carbons (Fsp3) is 0.571. The number of carbonyl (C=O) groups excluding carboxylic acids is 3. The largest absolute Gasteiger partial charge is 0.461 e. The average Bonchev–Trinajstić information content (AvgIpc) is 2.64. The number of esters is 3. The van der Waals surface area contributed by atoms with Crippen LogP contribution in [0.2, 0.25) is 0 Å². The third-order valence-electron chi connectivity index (χ3n) is 3.22. The number of allylic oxidation sites excluding steroid dienone is 3. The van der Waals surface area contributed by atoms with Crippen molar-refractivity contribution < 1.29 is 28.6 Å². The first kappa shape index (κ1) is 24.6. The van der Waals surface area contributed by atoms with Crippen LogP contribution in [-0.2, 0) is 28.6 Å². The van der Waals surface area contributed by atoms with Crippen LogP contribution in [0.4, 0.5) is 0 Å². The fourth-order valence-corrected chi connectivity index (χ4v) is 1.88. The van der Waals surface area contributed by atoms with Crippen molar-refractivity contribution in [3.63, 3.8) is 0 Å². The molecule has 0 spiro atoms. The Hall–Kier alpha value is -2.37. The van der Waals surface area contributed by atoms with Gasteiger partial charge in [0.1, 0.15) is 13.2 Å². The van der Waals surface area contributed by atoms with Crippen LogP contribution in [0.5, 0.6) is 0 Å². The first-order valence-electron chi connectivity index (χ1n) is 9.49. The molecule has 6 heteroatoms. The molecule has 0 atom stereocenters. The number of rotatable bonds is 14.